The van der Waals surface area contributed by atoms with Crippen LogP contribution in [0.3, 0.4) is 0 Å². The van der Waals surface area contributed by atoms with E-state index in [2.05, 4.69) is 22.1 Å². The standard InChI is InChI=1S/C23H25ClN4O4S/c1-2-21(29)26-17-12-15(6-7-18(17)27-10-4-3-5-11-27)28-14-16(32-23(28)31)13-25-22(30)19-8-9-20(24)33-19/h2,6-9,12,16H,1,3-5,10-11,13-14H2,(H,25,30)(H,26,29). The molecule has 2 aromatic rings. The first kappa shape index (κ1) is 23.1. The Labute approximate surface area is 201 Å². The fourth-order valence-corrected chi connectivity index (χ4v) is 4.91. The molecule has 0 aliphatic carbocycles. The van der Waals surface area contributed by atoms with Crippen LogP contribution in [-0.4, -0.2) is 50.2 Å². The highest BCUT2D eigenvalue weighted by molar-refractivity contribution is 7.18. The van der Waals surface area contributed by atoms with Crippen LogP contribution in [0.2, 0.25) is 4.34 Å². The maximum Gasteiger partial charge on any atom is 0.414 e. The first-order chi connectivity index (χ1) is 15.9. The zero-order valence-electron chi connectivity index (χ0n) is 18.0. The van der Waals surface area contributed by atoms with Crippen molar-refractivity contribution in [3.05, 3.63) is 52.2 Å². The Balaban J connectivity index is 1.46. The molecule has 1 aromatic heterocycles. The maximum absolute atomic E-state index is 12.5. The lowest BCUT2D eigenvalue weighted by Gasteiger charge is -2.31. The number of amides is 3. The minimum Gasteiger partial charge on any atom is -0.442 e. The highest BCUT2D eigenvalue weighted by Crippen LogP contribution is 2.34. The molecule has 3 heterocycles. The second kappa shape index (κ2) is 10.3. The van der Waals surface area contributed by atoms with Crippen molar-refractivity contribution in [2.24, 2.45) is 0 Å². The van der Waals surface area contributed by atoms with Gasteiger partial charge >= 0.3 is 6.09 Å². The average Bonchev–Trinajstić information content (AvgIpc) is 3.43. The molecule has 1 aromatic carbocycles. The number of nitrogens with one attached hydrogen (secondary N) is 2. The number of anilines is 3. The fraction of sp³-hybridized carbons (Fsp3) is 0.348. The van der Waals surface area contributed by atoms with Crippen LogP contribution < -0.4 is 20.4 Å². The lowest BCUT2D eigenvalue weighted by atomic mass is 10.1. The summed E-state index contributed by atoms with van der Waals surface area (Å²) >= 11 is 7.07. The van der Waals surface area contributed by atoms with Crippen LogP contribution >= 0.6 is 22.9 Å². The minimum absolute atomic E-state index is 0.183. The van der Waals surface area contributed by atoms with Gasteiger partial charge in [0.05, 0.1) is 33.7 Å². The van der Waals surface area contributed by atoms with E-state index in [-0.39, 0.29) is 24.9 Å². The SMILES string of the molecule is C=CC(=O)Nc1cc(N2CC(CNC(=O)c3ccc(Cl)s3)OC2=O)ccc1N1CCCCC1. The van der Waals surface area contributed by atoms with Crippen LogP contribution in [0.25, 0.3) is 0 Å². The number of cyclic esters (lactones) is 1. The predicted octanol–water partition coefficient (Wildman–Crippen LogP) is 4.27. The van der Waals surface area contributed by atoms with Crippen LogP contribution in [0, 0.1) is 0 Å². The van der Waals surface area contributed by atoms with Crippen molar-refractivity contribution >= 4 is 57.9 Å². The molecule has 2 aliphatic heterocycles. The Hall–Kier alpha value is -3.04. The molecule has 2 aliphatic rings. The number of ether oxygens (including phenoxy) is 1. The van der Waals surface area contributed by atoms with Gasteiger partial charge in [0, 0.05) is 18.8 Å². The molecule has 10 heteroatoms. The number of carbonyl (C=O) groups is 3. The molecule has 4 rings (SSSR count). The number of halogens is 1. The van der Waals surface area contributed by atoms with Crippen LogP contribution in [0.15, 0.2) is 43.0 Å². The van der Waals surface area contributed by atoms with E-state index in [4.69, 9.17) is 16.3 Å². The van der Waals surface area contributed by atoms with Crippen molar-refractivity contribution in [2.75, 3.05) is 41.3 Å². The van der Waals surface area contributed by atoms with E-state index in [0.29, 0.717) is 20.6 Å². The van der Waals surface area contributed by atoms with Crippen LogP contribution in [-0.2, 0) is 9.53 Å². The molecule has 0 spiro atoms. The van der Waals surface area contributed by atoms with E-state index in [1.54, 1.807) is 18.2 Å². The van der Waals surface area contributed by atoms with E-state index >= 15 is 0 Å². The number of carbonyl (C=O) groups excluding carboxylic acids is 3. The topological polar surface area (TPSA) is 91.0 Å². The molecule has 33 heavy (non-hydrogen) atoms. The normalized spacial score (nSPS) is 18.1. The molecule has 3 amide bonds. The van der Waals surface area contributed by atoms with Gasteiger partial charge in [-0.2, -0.15) is 0 Å². The highest BCUT2D eigenvalue weighted by Gasteiger charge is 2.33. The Morgan fingerprint density at radius 1 is 1.21 bits per heavy atom. The largest absolute Gasteiger partial charge is 0.442 e. The molecule has 174 valence electrons. The minimum atomic E-state index is -0.500. The second-order valence-electron chi connectivity index (χ2n) is 7.87. The van der Waals surface area contributed by atoms with E-state index < -0.39 is 12.2 Å². The monoisotopic (exact) mass is 488 g/mol. The summed E-state index contributed by atoms with van der Waals surface area (Å²) in [6.07, 6.45) is 3.61. The molecule has 0 bridgehead atoms. The van der Waals surface area contributed by atoms with Crippen molar-refractivity contribution in [3.63, 3.8) is 0 Å². The quantitative estimate of drug-likeness (QED) is 0.568. The van der Waals surface area contributed by atoms with Gasteiger partial charge in [0.25, 0.3) is 5.91 Å². The van der Waals surface area contributed by atoms with Gasteiger partial charge in [-0.15, -0.1) is 11.3 Å². The van der Waals surface area contributed by atoms with Gasteiger partial charge in [-0.3, -0.25) is 14.5 Å². The van der Waals surface area contributed by atoms with Crippen molar-refractivity contribution in [2.45, 2.75) is 25.4 Å². The Kier molecular flexibility index (Phi) is 7.20. The van der Waals surface area contributed by atoms with Gasteiger partial charge < -0.3 is 20.3 Å². The molecule has 0 radical (unpaired) electrons. The Morgan fingerprint density at radius 2 is 2.00 bits per heavy atom. The van der Waals surface area contributed by atoms with Gasteiger partial charge in [0.2, 0.25) is 5.91 Å². The molecule has 1 unspecified atom stereocenters. The van der Waals surface area contributed by atoms with Crippen LogP contribution in [0.5, 0.6) is 0 Å². The summed E-state index contributed by atoms with van der Waals surface area (Å²) in [7, 11) is 0. The second-order valence-corrected chi connectivity index (χ2v) is 9.59. The first-order valence-corrected chi connectivity index (χ1v) is 12.0. The third-order valence-electron chi connectivity index (χ3n) is 5.59. The number of rotatable bonds is 7. The number of thiophene rings is 1. The van der Waals surface area contributed by atoms with Crippen molar-refractivity contribution in [1.29, 1.82) is 0 Å². The number of piperidine rings is 1. The van der Waals surface area contributed by atoms with Gasteiger partial charge in [0.15, 0.2) is 0 Å². The Bertz CT molecular complexity index is 1070. The molecule has 2 N–H and O–H groups in total. The predicted molar refractivity (Wildman–Crippen MR) is 131 cm³/mol. The van der Waals surface area contributed by atoms with E-state index in [1.165, 1.54) is 28.7 Å². The molecule has 2 saturated heterocycles. The number of nitrogens with zero attached hydrogens (tertiary/aromatic N) is 2. The molecule has 1 atom stereocenters. The first-order valence-electron chi connectivity index (χ1n) is 10.8. The van der Waals surface area contributed by atoms with E-state index in [1.807, 2.05) is 12.1 Å². The molecular formula is C23H25ClN4O4S. The summed E-state index contributed by atoms with van der Waals surface area (Å²) in [5, 5.41) is 5.64. The van der Waals surface area contributed by atoms with Crippen molar-refractivity contribution < 1.29 is 19.1 Å². The van der Waals surface area contributed by atoms with Crippen molar-refractivity contribution in [1.82, 2.24) is 5.32 Å². The Morgan fingerprint density at radius 3 is 2.70 bits per heavy atom. The molecule has 8 nitrogen and oxygen atoms in total. The van der Waals surface area contributed by atoms with Crippen LogP contribution in [0.4, 0.5) is 21.9 Å². The average molecular weight is 489 g/mol. The van der Waals surface area contributed by atoms with Gasteiger partial charge in [-0.05, 0) is 55.7 Å². The lowest BCUT2D eigenvalue weighted by molar-refractivity contribution is -0.111. The smallest absolute Gasteiger partial charge is 0.414 e. The van der Waals surface area contributed by atoms with E-state index in [0.717, 1.165) is 31.6 Å². The zero-order valence-corrected chi connectivity index (χ0v) is 19.6. The summed E-state index contributed by atoms with van der Waals surface area (Å²) in [6.45, 7) is 5.82. The van der Waals surface area contributed by atoms with E-state index in [9.17, 15) is 14.4 Å². The fourth-order valence-electron chi connectivity index (χ4n) is 3.96. The van der Waals surface area contributed by atoms with Crippen LogP contribution in [0.1, 0.15) is 28.9 Å². The third-order valence-corrected chi connectivity index (χ3v) is 6.82. The lowest BCUT2D eigenvalue weighted by Crippen LogP contribution is -2.34. The van der Waals surface area contributed by atoms with Gasteiger partial charge in [-0.1, -0.05) is 18.2 Å². The highest BCUT2D eigenvalue weighted by atomic mass is 35.5. The van der Waals surface area contributed by atoms with Crippen molar-refractivity contribution in [3.8, 4) is 0 Å². The summed E-state index contributed by atoms with van der Waals surface area (Å²) < 4.78 is 5.98. The van der Waals surface area contributed by atoms with Gasteiger partial charge in [0.1, 0.15) is 6.10 Å². The maximum atomic E-state index is 12.5. The summed E-state index contributed by atoms with van der Waals surface area (Å²) in [6, 6.07) is 8.86. The third kappa shape index (κ3) is 5.48. The number of hydrogen-bond acceptors (Lipinski definition) is 6. The molecular weight excluding hydrogens is 464 g/mol. The molecule has 2 fully saturated rings. The van der Waals surface area contributed by atoms with Gasteiger partial charge in [-0.25, -0.2) is 4.79 Å². The number of hydrogen-bond donors (Lipinski definition) is 2. The summed E-state index contributed by atoms with van der Waals surface area (Å²) in [5.41, 5.74) is 2.15. The zero-order chi connectivity index (χ0) is 23.4. The summed E-state index contributed by atoms with van der Waals surface area (Å²) in [5.74, 6) is -0.578. The number of benzene rings is 1. The molecule has 0 saturated carbocycles. The summed E-state index contributed by atoms with van der Waals surface area (Å²) in [4.78, 5) is 41.1.